The lowest BCUT2D eigenvalue weighted by molar-refractivity contribution is -0.123. The summed E-state index contributed by atoms with van der Waals surface area (Å²) in [5.41, 5.74) is 1.99. The molecule has 2 heterocycles. The zero-order chi connectivity index (χ0) is 21.3. The second-order valence-electron chi connectivity index (χ2n) is 6.19. The minimum Gasteiger partial charge on any atom is -0.343 e. The van der Waals surface area contributed by atoms with Gasteiger partial charge in [-0.15, -0.1) is 0 Å². The Morgan fingerprint density at radius 3 is 2.87 bits per heavy atom. The molecule has 7 nitrogen and oxygen atoms in total. The van der Waals surface area contributed by atoms with Crippen molar-refractivity contribution in [1.29, 1.82) is 0 Å². The Bertz CT molecular complexity index is 1220. The van der Waals surface area contributed by atoms with Crippen LogP contribution in [-0.2, 0) is 0 Å². The van der Waals surface area contributed by atoms with Crippen LogP contribution in [0.25, 0.3) is 22.3 Å². The Labute approximate surface area is 176 Å². The molecule has 0 atom stereocenters. The number of aromatic nitrogens is 4. The SMILES string of the molecule is O=C(NCC(F)(F)F)c1cccc(-c2nsc(Nc3ccc4[nH]ncc4c3Cl)n2)c1. The number of nitrogens with one attached hydrogen (secondary N) is 3. The van der Waals surface area contributed by atoms with E-state index in [2.05, 4.69) is 24.9 Å². The van der Waals surface area contributed by atoms with E-state index < -0.39 is 18.6 Å². The first kappa shape index (κ1) is 20.1. The molecule has 2 aromatic carbocycles. The molecule has 12 heteroatoms. The lowest BCUT2D eigenvalue weighted by Gasteiger charge is -2.08. The third-order valence-corrected chi connectivity index (χ3v) is 5.10. The number of H-pyrrole nitrogens is 1. The highest BCUT2D eigenvalue weighted by Crippen LogP contribution is 2.33. The van der Waals surface area contributed by atoms with Crippen LogP contribution in [0, 0.1) is 0 Å². The standard InChI is InChI=1S/C18H12ClF3N6OS/c19-14-11-7-24-27-12(11)4-5-13(14)25-17-26-15(28-30-17)9-2-1-3-10(6-9)16(29)23-8-18(20,21)22/h1-7H,8H2,(H,23,29)(H,24,27)(H,25,26,28). The van der Waals surface area contributed by atoms with Crippen LogP contribution in [-0.4, -0.2) is 38.2 Å². The fourth-order valence-electron chi connectivity index (χ4n) is 2.67. The van der Waals surface area contributed by atoms with Crippen molar-refractivity contribution in [1.82, 2.24) is 24.9 Å². The molecule has 0 spiro atoms. The van der Waals surface area contributed by atoms with E-state index in [4.69, 9.17) is 11.6 Å². The molecule has 0 saturated carbocycles. The zero-order valence-electron chi connectivity index (χ0n) is 14.9. The molecule has 0 aliphatic rings. The fraction of sp³-hybridized carbons (Fsp3) is 0.111. The summed E-state index contributed by atoms with van der Waals surface area (Å²) in [7, 11) is 0. The van der Waals surface area contributed by atoms with Crippen molar-refractivity contribution >= 4 is 50.8 Å². The molecule has 2 aromatic heterocycles. The van der Waals surface area contributed by atoms with Crippen molar-refractivity contribution in [3.05, 3.63) is 53.2 Å². The zero-order valence-corrected chi connectivity index (χ0v) is 16.5. The third kappa shape index (κ3) is 4.36. The highest BCUT2D eigenvalue weighted by atomic mass is 35.5. The molecular formula is C18H12ClF3N6OS. The normalized spacial score (nSPS) is 11.6. The van der Waals surface area contributed by atoms with Crippen LogP contribution in [0.2, 0.25) is 5.02 Å². The van der Waals surface area contributed by atoms with Gasteiger partial charge in [0, 0.05) is 28.0 Å². The number of benzene rings is 2. The second kappa shape index (κ2) is 7.92. The minimum absolute atomic E-state index is 0.0783. The molecule has 0 bridgehead atoms. The maximum atomic E-state index is 12.3. The van der Waals surface area contributed by atoms with Crippen LogP contribution in [0.3, 0.4) is 0 Å². The van der Waals surface area contributed by atoms with Gasteiger partial charge in [0.2, 0.25) is 5.13 Å². The monoisotopic (exact) mass is 452 g/mol. The summed E-state index contributed by atoms with van der Waals surface area (Å²) in [6.07, 6.45) is -2.87. The summed E-state index contributed by atoms with van der Waals surface area (Å²) in [4.78, 5) is 16.3. The van der Waals surface area contributed by atoms with Gasteiger partial charge in [-0.25, -0.2) is 0 Å². The number of halogens is 4. The number of rotatable bonds is 5. The lowest BCUT2D eigenvalue weighted by atomic mass is 10.1. The lowest BCUT2D eigenvalue weighted by Crippen LogP contribution is -2.33. The third-order valence-electron chi connectivity index (χ3n) is 4.06. The molecule has 1 amide bonds. The van der Waals surface area contributed by atoms with E-state index in [0.29, 0.717) is 27.2 Å². The average molecular weight is 453 g/mol. The van der Waals surface area contributed by atoms with Gasteiger partial charge in [0.15, 0.2) is 5.82 Å². The fourth-order valence-corrected chi connectivity index (χ4v) is 3.53. The van der Waals surface area contributed by atoms with E-state index in [0.717, 1.165) is 22.4 Å². The van der Waals surface area contributed by atoms with E-state index in [9.17, 15) is 18.0 Å². The van der Waals surface area contributed by atoms with E-state index >= 15 is 0 Å². The number of anilines is 2. The van der Waals surface area contributed by atoms with E-state index in [-0.39, 0.29) is 5.56 Å². The van der Waals surface area contributed by atoms with Gasteiger partial charge in [-0.3, -0.25) is 9.89 Å². The summed E-state index contributed by atoms with van der Waals surface area (Å²) in [6, 6.07) is 9.66. The summed E-state index contributed by atoms with van der Waals surface area (Å²) >= 11 is 7.46. The number of hydrogen-bond acceptors (Lipinski definition) is 6. The Morgan fingerprint density at radius 1 is 1.23 bits per heavy atom. The largest absolute Gasteiger partial charge is 0.405 e. The van der Waals surface area contributed by atoms with Crippen molar-refractivity contribution < 1.29 is 18.0 Å². The van der Waals surface area contributed by atoms with Crippen LogP contribution in [0.15, 0.2) is 42.6 Å². The van der Waals surface area contributed by atoms with Gasteiger partial charge in [0.05, 0.1) is 22.4 Å². The summed E-state index contributed by atoms with van der Waals surface area (Å²) in [5.74, 6) is -0.503. The van der Waals surface area contributed by atoms with Crippen LogP contribution >= 0.6 is 23.1 Å². The average Bonchev–Trinajstić information content (AvgIpc) is 3.38. The molecule has 0 aliphatic heterocycles. The number of hydrogen-bond donors (Lipinski definition) is 3. The predicted octanol–water partition coefficient (Wildman–Crippen LogP) is 4.77. The number of aromatic amines is 1. The molecular weight excluding hydrogens is 441 g/mol. The number of alkyl halides is 3. The van der Waals surface area contributed by atoms with Gasteiger partial charge in [0.1, 0.15) is 6.54 Å². The molecule has 0 radical (unpaired) electrons. The number of nitrogens with zero attached hydrogens (tertiary/aromatic N) is 3. The van der Waals surface area contributed by atoms with Crippen LogP contribution in [0.5, 0.6) is 0 Å². The summed E-state index contributed by atoms with van der Waals surface area (Å²) in [5, 5.41) is 13.4. The first-order valence-corrected chi connectivity index (χ1v) is 9.63. The van der Waals surface area contributed by atoms with Gasteiger partial charge < -0.3 is 10.6 Å². The van der Waals surface area contributed by atoms with E-state index in [1.807, 2.05) is 11.4 Å². The van der Waals surface area contributed by atoms with E-state index in [1.54, 1.807) is 24.4 Å². The van der Waals surface area contributed by atoms with Crippen molar-refractivity contribution in [2.45, 2.75) is 6.18 Å². The predicted molar refractivity (Wildman–Crippen MR) is 108 cm³/mol. The molecule has 30 heavy (non-hydrogen) atoms. The first-order valence-electron chi connectivity index (χ1n) is 8.48. The second-order valence-corrected chi connectivity index (χ2v) is 7.31. The Hall–Kier alpha value is -3.18. The first-order chi connectivity index (χ1) is 14.3. The highest BCUT2D eigenvalue weighted by molar-refractivity contribution is 7.10. The van der Waals surface area contributed by atoms with E-state index in [1.165, 1.54) is 12.1 Å². The number of fused-ring (bicyclic) bond motifs is 1. The number of amides is 1. The minimum atomic E-state index is -4.48. The Kier molecular flexibility index (Phi) is 5.31. The molecule has 3 N–H and O–H groups in total. The summed E-state index contributed by atoms with van der Waals surface area (Å²) < 4.78 is 41.1. The van der Waals surface area contributed by atoms with Gasteiger partial charge in [-0.2, -0.15) is 27.6 Å². The van der Waals surface area contributed by atoms with Crippen LogP contribution in [0.4, 0.5) is 24.0 Å². The smallest absolute Gasteiger partial charge is 0.343 e. The summed E-state index contributed by atoms with van der Waals surface area (Å²) in [6.45, 7) is -1.40. The molecule has 4 aromatic rings. The Morgan fingerprint density at radius 2 is 2.07 bits per heavy atom. The molecule has 0 unspecified atom stereocenters. The van der Waals surface area contributed by atoms with Crippen molar-refractivity contribution in [3.63, 3.8) is 0 Å². The number of carbonyl (C=O) groups excluding carboxylic acids is 1. The van der Waals surface area contributed by atoms with Gasteiger partial charge in [0.25, 0.3) is 5.91 Å². The van der Waals surface area contributed by atoms with Gasteiger partial charge in [-0.05, 0) is 24.3 Å². The Balaban J connectivity index is 1.52. The van der Waals surface area contributed by atoms with Gasteiger partial charge >= 0.3 is 6.18 Å². The topological polar surface area (TPSA) is 95.6 Å². The molecule has 0 saturated heterocycles. The maximum Gasteiger partial charge on any atom is 0.405 e. The molecule has 0 aliphatic carbocycles. The molecule has 154 valence electrons. The van der Waals surface area contributed by atoms with Gasteiger partial charge in [-0.1, -0.05) is 23.7 Å². The maximum absolute atomic E-state index is 12.3. The highest BCUT2D eigenvalue weighted by Gasteiger charge is 2.28. The molecule has 4 rings (SSSR count). The van der Waals surface area contributed by atoms with Crippen LogP contribution < -0.4 is 10.6 Å². The molecule has 0 fully saturated rings. The van der Waals surface area contributed by atoms with Crippen molar-refractivity contribution in [2.75, 3.05) is 11.9 Å². The number of carbonyl (C=O) groups is 1. The quantitative estimate of drug-likeness (QED) is 0.405. The van der Waals surface area contributed by atoms with Crippen molar-refractivity contribution in [2.24, 2.45) is 0 Å². The van der Waals surface area contributed by atoms with Crippen molar-refractivity contribution in [3.8, 4) is 11.4 Å². The van der Waals surface area contributed by atoms with Crippen LogP contribution in [0.1, 0.15) is 10.4 Å².